The molecule has 0 spiro atoms. The number of hydrogen-bond acceptors (Lipinski definition) is 4. The number of nitrogens with zero attached hydrogens (tertiary/aromatic N) is 2. The second-order valence-electron chi connectivity index (χ2n) is 11.1. The van der Waals surface area contributed by atoms with Gasteiger partial charge in [-0.1, -0.05) is 109 Å². The van der Waals surface area contributed by atoms with Gasteiger partial charge >= 0.3 is 0 Å². The van der Waals surface area contributed by atoms with Crippen LogP contribution in [0.4, 0.5) is 5.69 Å². The number of halogens is 1. The molecule has 0 heterocycles. The van der Waals surface area contributed by atoms with Crippen molar-refractivity contribution in [1.29, 1.82) is 0 Å². The molecule has 7 nitrogen and oxygen atoms in total. The van der Waals surface area contributed by atoms with E-state index in [1.807, 2.05) is 75.4 Å². The number of para-hydroxylation sites is 1. The fourth-order valence-electron chi connectivity index (χ4n) is 5.04. The molecular weight excluding hydrogens is 606 g/mol. The van der Waals surface area contributed by atoms with Crippen molar-refractivity contribution in [3.8, 4) is 0 Å². The SMILES string of the molecule is CCCCNC(=O)[C@@H](Cc1ccccc1)N(Cc1ccccc1C)C(=O)CN(c1ccccc1Cl)S(=O)(=O)c1ccc(C)cc1. The van der Waals surface area contributed by atoms with Gasteiger partial charge in [0.15, 0.2) is 0 Å². The third-order valence-electron chi connectivity index (χ3n) is 7.71. The van der Waals surface area contributed by atoms with Crippen molar-refractivity contribution in [2.75, 3.05) is 17.4 Å². The Balaban J connectivity index is 1.80. The number of sulfonamides is 1. The smallest absolute Gasteiger partial charge is 0.264 e. The molecule has 9 heteroatoms. The molecule has 0 fully saturated rings. The van der Waals surface area contributed by atoms with Gasteiger partial charge < -0.3 is 10.2 Å². The van der Waals surface area contributed by atoms with Crippen molar-refractivity contribution in [2.24, 2.45) is 0 Å². The molecule has 0 aromatic heterocycles. The molecule has 4 aromatic carbocycles. The predicted molar refractivity (Wildman–Crippen MR) is 181 cm³/mol. The molecule has 0 saturated carbocycles. The first-order valence-corrected chi connectivity index (χ1v) is 16.9. The molecular formula is C36H40ClN3O4S. The topological polar surface area (TPSA) is 86.8 Å². The average molecular weight is 646 g/mol. The first kappa shape index (κ1) is 33.7. The van der Waals surface area contributed by atoms with Gasteiger partial charge in [0, 0.05) is 19.5 Å². The number of carbonyl (C=O) groups is 2. The summed E-state index contributed by atoms with van der Waals surface area (Å²) < 4.78 is 29.3. The number of rotatable bonds is 14. The number of aryl methyl sites for hydroxylation is 2. The number of benzene rings is 4. The number of nitrogens with one attached hydrogen (secondary N) is 1. The minimum Gasteiger partial charge on any atom is -0.354 e. The average Bonchev–Trinajstić information content (AvgIpc) is 3.03. The monoisotopic (exact) mass is 645 g/mol. The quantitative estimate of drug-likeness (QED) is 0.155. The minimum atomic E-state index is -4.22. The standard InChI is InChI=1S/C36H40ClN3O4S/c1-4-5-23-38-36(42)34(24-29-14-7-6-8-15-29)39(25-30-16-10-9-13-28(30)3)35(41)26-40(33-18-12-11-17-32(33)37)45(43,44)31-21-19-27(2)20-22-31/h6-22,34H,4-5,23-26H2,1-3H3,(H,38,42)/t34-/m1/s1. The fraction of sp³-hybridized carbons (Fsp3) is 0.278. The lowest BCUT2D eigenvalue weighted by Gasteiger charge is -2.34. The van der Waals surface area contributed by atoms with Crippen LogP contribution in [-0.2, 0) is 32.6 Å². The minimum absolute atomic E-state index is 0.0319. The summed E-state index contributed by atoms with van der Waals surface area (Å²) in [6, 6.07) is 29.3. The van der Waals surface area contributed by atoms with Crippen LogP contribution in [-0.4, -0.2) is 44.3 Å². The first-order chi connectivity index (χ1) is 21.6. The maximum atomic E-state index is 14.5. The fourth-order valence-corrected chi connectivity index (χ4v) is 6.76. The molecule has 45 heavy (non-hydrogen) atoms. The van der Waals surface area contributed by atoms with E-state index in [4.69, 9.17) is 11.6 Å². The van der Waals surface area contributed by atoms with Gasteiger partial charge in [-0.15, -0.1) is 0 Å². The summed E-state index contributed by atoms with van der Waals surface area (Å²) in [7, 11) is -4.22. The van der Waals surface area contributed by atoms with E-state index in [0.29, 0.717) is 6.54 Å². The third-order valence-corrected chi connectivity index (χ3v) is 9.81. The maximum Gasteiger partial charge on any atom is 0.264 e. The Morgan fingerprint density at radius 2 is 1.49 bits per heavy atom. The molecule has 0 radical (unpaired) electrons. The second-order valence-corrected chi connectivity index (χ2v) is 13.3. The summed E-state index contributed by atoms with van der Waals surface area (Å²) in [4.78, 5) is 29.9. The van der Waals surface area contributed by atoms with Crippen LogP contribution in [0.3, 0.4) is 0 Å². The van der Waals surface area contributed by atoms with Crippen LogP contribution in [0.15, 0.2) is 108 Å². The predicted octanol–water partition coefficient (Wildman–Crippen LogP) is 6.71. The van der Waals surface area contributed by atoms with Crippen LogP contribution < -0.4 is 9.62 Å². The van der Waals surface area contributed by atoms with Gasteiger partial charge in [-0.05, 0) is 61.2 Å². The summed E-state index contributed by atoms with van der Waals surface area (Å²) in [6.45, 7) is 5.89. The number of anilines is 1. The summed E-state index contributed by atoms with van der Waals surface area (Å²) in [5.74, 6) is -0.819. The number of unbranched alkanes of at least 4 members (excludes halogenated alkanes) is 1. The Hall–Kier alpha value is -4.14. The molecule has 0 unspecified atom stereocenters. The van der Waals surface area contributed by atoms with Gasteiger partial charge in [0.25, 0.3) is 10.0 Å². The lowest BCUT2D eigenvalue weighted by molar-refractivity contribution is -0.140. The summed E-state index contributed by atoms with van der Waals surface area (Å²) in [6.07, 6.45) is 1.96. The first-order valence-electron chi connectivity index (χ1n) is 15.1. The van der Waals surface area contributed by atoms with Gasteiger partial charge in [-0.3, -0.25) is 13.9 Å². The third kappa shape index (κ3) is 8.74. The zero-order chi connectivity index (χ0) is 32.4. The Bertz CT molecular complexity index is 1700. The summed E-state index contributed by atoms with van der Waals surface area (Å²) in [5.41, 5.74) is 3.77. The second kappa shape index (κ2) is 15.7. The number of hydrogen-bond donors (Lipinski definition) is 1. The van der Waals surface area contributed by atoms with Crippen LogP contribution in [0.2, 0.25) is 5.02 Å². The van der Waals surface area contributed by atoms with Crippen molar-refractivity contribution in [2.45, 2.75) is 57.5 Å². The van der Waals surface area contributed by atoms with E-state index in [1.54, 1.807) is 36.4 Å². The molecule has 0 saturated heterocycles. The molecule has 1 atom stereocenters. The Kier molecular flexibility index (Phi) is 11.8. The summed E-state index contributed by atoms with van der Waals surface area (Å²) in [5, 5.41) is 3.19. The Morgan fingerprint density at radius 1 is 0.844 bits per heavy atom. The molecule has 236 valence electrons. The highest BCUT2D eigenvalue weighted by molar-refractivity contribution is 7.92. The molecule has 1 N–H and O–H groups in total. The molecule has 2 amide bonds. The van der Waals surface area contributed by atoms with Crippen molar-refractivity contribution >= 4 is 39.1 Å². The van der Waals surface area contributed by atoms with E-state index in [1.165, 1.54) is 17.0 Å². The van der Waals surface area contributed by atoms with Gasteiger partial charge in [0.05, 0.1) is 15.6 Å². The van der Waals surface area contributed by atoms with E-state index in [-0.39, 0.29) is 34.5 Å². The Labute approximate surface area is 271 Å². The highest BCUT2D eigenvalue weighted by Gasteiger charge is 2.35. The van der Waals surface area contributed by atoms with Crippen molar-refractivity contribution in [3.05, 3.63) is 130 Å². The van der Waals surface area contributed by atoms with E-state index in [2.05, 4.69) is 5.32 Å². The lowest BCUT2D eigenvalue weighted by atomic mass is 10.0. The van der Waals surface area contributed by atoms with Crippen LogP contribution >= 0.6 is 11.6 Å². The van der Waals surface area contributed by atoms with E-state index < -0.39 is 28.5 Å². The molecule has 0 aliphatic heterocycles. The van der Waals surface area contributed by atoms with E-state index in [9.17, 15) is 18.0 Å². The normalized spacial score (nSPS) is 11.9. The molecule has 4 aromatic rings. The highest BCUT2D eigenvalue weighted by atomic mass is 35.5. The van der Waals surface area contributed by atoms with Crippen LogP contribution in [0, 0.1) is 13.8 Å². The van der Waals surface area contributed by atoms with Crippen molar-refractivity contribution in [3.63, 3.8) is 0 Å². The van der Waals surface area contributed by atoms with Crippen molar-refractivity contribution < 1.29 is 18.0 Å². The van der Waals surface area contributed by atoms with E-state index >= 15 is 0 Å². The van der Waals surface area contributed by atoms with Crippen LogP contribution in [0.1, 0.15) is 42.0 Å². The molecule has 4 rings (SSSR count). The maximum absolute atomic E-state index is 14.5. The molecule has 0 aliphatic rings. The zero-order valence-corrected chi connectivity index (χ0v) is 27.5. The lowest BCUT2D eigenvalue weighted by Crippen LogP contribution is -2.53. The number of carbonyl (C=O) groups excluding carboxylic acids is 2. The van der Waals surface area contributed by atoms with Crippen LogP contribution in [0.25, 0.3) is 0 Å². The largest absolute Gasteiger partial charge is 0.354 e. The van der Waals surface area contributed by atoms with Gasteiger partial charge in [0.1, 0.15) is 12.6 Å². The zero-order valence-electron chi connectivity index (χ0n) is 25.9. The van der Waals surface area contributed by atoms with Gasteiger partial charge in [-0.25, -0.2) is 8.42 Å². The highest BCUT2D eigenvalue weighted by Crippen LogP contribution is 2.31. The molecule has 0 aliphatic carbocycles. The molecule has 0 bridgehead atoms. The van der Waals surface area contributed by atoms with Gasteiger partial charge in [0.2, 0.25) is 11.8 Å². The number of amides is 2. The van der Waals surface area contributed by atoms with Crippen molar-refractivity contribution in [1.82, 2.24) is 10.2 Å². The van der Waals surface area contributed by atoms with Crippen LogP contribution in [0.5, 0.6) is 0 Å². The summed E-state index contributed by atoms with van der Waals surface area (Å²) >= 11 is 6.55. The Morgan fingerprint density at radius 3 is 2.16 bits per heavy atom. The van der Waals surface area contributed by atoms with E-state index in [0.717, 1.165) is 39.4 Å². The van der Waals surface area contributed by atoms with Gasteiger partial charge in [-0.2, -0.15) is 0 Å².